The van der Waals surface area contributed by atoms with Crippen LogP contribution in [0.4, 0.5) is 0 Å². The van der Waals surface area contributed by atoms with Gasteiger partial charge in [0.2, 0.25) is 0 Å². The van der Waals surface area contributed by atoms with E-state index in [4.69, 9.17) is 0 Å². The first kappa shape index (κ1) is 20.7. The molecular formula is C15H29IN4S. The third kappa shape index (κ3) is 8.01. The number of hydrogen-bond donors (Lipinski definition) is 2. The van der Waals surface area contributed by atoms with Gasteiger partial charge in [0.25, 0.3) is 0 Å². The molecule has 122 valence electrons. The normalized spacial score (nSPS) is 12.2. The molecule has 0 unspecified atom stereocenters. The van der Waals surface area contributed by atoms with E-state index in [0.717, 1.165) is 32.0 Å². The molecule has 4 nitrogen and oxygen atoms in total. The Morgan fingerprint density at radius 2 is 2.05 bits per heavy atom. The van der Waals surface area contributed by atoms with E-state index in [-0.39, 0.29) is 29.5 Å². The Morgan fingerprint density at radius 3 is 2.57 bits per heavy atom. The maximum Gasteiger partial charge on any atom is 0.191 e. The van der Waals surface area contributed by atoms with Crippen molar-refractivity contribution >= 4 is 41.3 Å². The fraction of sp³-hybridized carbons (Fsp3) is 0.667. The predicted molar refractivity (Wildman–Crippen MR) is 105 cm³/mol. The van der Waals surface area contributed by atoms with Crippen LogP contribution in [0.2, 0.25) is 0 Å². The predicted octanol–water partition coefficient (Wildman–Crippen LogP) is 2.80. The zero-order chi connectivity index (χ0) is 15.0. The van der Waals surface area contributed by atoms with Gasteiger partial charge in [0.15, 0.2) is 5.96 Å². The highest BCUT2D eigenvalue weighted by Gasteiger charge is 2.19. The number of nitrogens with zero attached hydrogens (tertiary/aromatic N) is 2. The van der Waals surface area contributed by atoms with Gasteiger partial charge in [-0.2, -0.15) is 0 Å². The minimum absolute atomic E-state index is 0. The van der Waals surface area contributed by atoms with Gasteiger partial charge >= 0.3 is 0 Å². The second kappa shape index (κ2) is 10.4. The molecule has 0 aliphatic carbocycles. The Bertz CT molecular complexity index is 402. The Morgan fingerprint density at radius 1 is 1.33 bits per heavy atom. The molecule has 1 heterocycles. The third-order valence-corrected chi connectivity index (χ3v) is 4.36. The van der Waals surface area contributed by atoms with Crippen molar-refractivity contribution in [2.75, 3.05) is 33.7 Å². The van der Waals surface area contributed by atoms with Crippen LogP contribution >= 0.6 is 35.3 Å². The number of nitrogens with one attached hydrogen (secondary N) is 2. The molecule has 1 rings (SSSR count). The first-order chi connectivity index (χ1) is 9.45. The summed E-state index contributed by atoms with van der Waals surface area (Å²) in [6.45, 7) is 9.06. The number of aliphatic imine (C=N–C) groups is 1. The van der Waals surface area contributed by atoms with Gasteiger partial charge < -0.3 is 15.5 Å². The number of guanidine groups is 1. The van der Waals surface area contributed by atoms with Crippen molar-refractivity contribution in [1.82, 2.24) is 15.5 Å². The molecule has 0 bridgehead atoms. The summed E-state index contributed by atoms with van der Waals surface area (Å²) in [7, 11) is 4.18. The highest BCUT2D eigenvalue weighted by molar-refractivity contribution is 14.0. The van der Waals surface area contributed by atoms with E-state index in [1.54, 1.807) is 11.3 Å². The van der Waals surface area contributed by atoms with Gasteiger partial charge in [0, 0.05) is 23.5 Å². The molecule has 1 aromatic heterocycles. The Labute approximate surface area is 150 Å². The molecule has 0 fully saturated rings. The summed E-state index contributed by atoms with van der Waals surface area (Å²) in [6.07, 6.45) is 1.04. The van der Waals surface area contributed by atoms with Gasteiger partial charge in [-0.1, -0.05) is 6.07 Å². The summed E-state index contributed by atoms with van der Waals surface area (Å²) in [5, 5.41) is 8.81. The SMILES string of the molecule is CCNC(=NCC(C)(C)N(C)C)NCCc1cccs1.I. The molecular weight excluding hydrogens is 395 g/mol. The first-order valence-electron chi connectivity index (χ1n) is 7.17. The highest BCUT2D eigenvalue weighted by Crippen LogP contribution is 2.10. The minimum atomic E-state index is 0. The summed E-state index contributed by atoms with van der Waals surface area (Å²) >= 11 is 1.80. The van der Waals surface area contributed by atoms with Gasteiger partial charge in [-0.15, -0.1) is 35.3 Å². The van der Waals surface area contributed by atoms with Crippen molar-refractivity contribution < 1.29 is 0 Å². The maximum absolute atomic E-state index is 4.68. The van der Waals surface area contributed by atoms with E-state index in [1.807, 2.05) is 0 Å². The second-order valence-corrected chi connectivity index (χ2v) is 6.69. The largest absolute Gasteiger partial charge is 0.357 e. The van der Waals surface area contributed by atoms with Crippen LogP contribution in [0.5, 0.6) is 0 Å². The summed E-state index contributed by atoms with van der Waals surface area (Å²) in [6, 6.07) is 4.27. The van der Waals surface area contributed by atoms with Crippen molar-refractivity contribution in [3.05, 3.63) is 22.4 Å². The van der Waals surface area contributed by atoms with Crippen LogP contribution in [0.3, 0.4) is 0 Å². The number of likely N-dealkylation sites (N-methyl/N-ethyl adjacent to an activating group) is 1. The van der Waals surface area contributed by atoms with Crippen molar-refractivity contribution in [3.8, 4) is 0 Å². The number of hydrogen-bond acceptors (Lipinski definition) is 3. The molecule has 1 aromatic rings. The van der Waals surface area contributed by atoms with Gasteiger partial charge in [-0.25, -0.2) is 0 Å². The van der Waals surface area contributed by atoms with Crippen LogP contribution < -0.4 is 10.6 Å². The van der Waals surface area contributed by atoms with Gasteiger partial charge in [-0.3, -0.25) is 4.99 Å². The maximum atomic E-state index is 4.68. The van der Waals surface area contributed by atoms with Crippen LogP contribution in [-0.4, -0.2) is 50.1 Å². The molecule has 6 heteroatoms. The van der Waals surface area contributed by atoms with Crippen LogP contribution in [0.15, 0.2) is 22.5 Å². The third-order valence-electron chi connectivity index (χ3n) is 3.42. The van der Waals surface area contributed by atoms with Crippen LogP contribution in [0.1, 0.15) is 25.6 Å². The summed E-state index contributed by atoms with van der Waals surface area (Å²) in [4.78, 5) is 8.29. The molecule has 0 aliphatic heterocycles. The number of thiophene rings is 1. The fourth-order valence-electron chi connectivity index (χ4n) is 1.51. The first-order valence-corrected chi connectivity index (χ1v) is 8.05. The average Bonchev–Trinajstić information content (AvgIpc) is 2.89. The second-order valence-electron chi connectivity index (χ2n) is 5.66. The van der Waals surface area contributed by atoms with Gasteiger partial charge in [0.1, 0.15) is 0 Å². The number of rotatable bonds is 7. The van der Waals surface area contributed by atoms with Crippen molar-refractivity contribution in [2.24, 2.45) is 4.99 Å². The molecule has 0 aliphatic rings. The lowest BCUT2D eigenvalue weighted by Gasteiger charge is -2.31. The Balaban J connectivity index is 0.00000400. The van der Waals surface area contributed by atoms with Crippen LogP contribution in [-0.2, 0) is 6.42 Å². The average molecular weight is 424 g/mol. The van der Waals surface area contributed by atoms with E-state index in [0.29, 0.717) is 0 Å². The molecule has 0 atom stereocenters. The standard InChI is InChI=1S/C15H28N4S.HI/c1-6-16-14(18-12-15(2,3)19(4)5)17-10-9-13-8-7-11-20-13;/h7-8,11H,6,9-10,12H2,1-5H3,(H2,16,17,18);1H. The monoisotopic (exact) mass is 424 g/mol. The molecule has 0 saturated heterocycles. The highest BCUT2D eigenvalue weighted by atomic mass is 127. The zero-order valence-electron chi connectivity index (χ0n) is 13.8. The molecule has 21 heavy (non-hydrogen) atoms. The minimum Gasteiger partial charge on any atom is -0.357 e. The number of halogens is 1. The van der Waals surface area contributed by atoms with E-state index >= 15 is 0 Å². The van der Waals surface area contributed by atoms with Crippen molar-refractivity contribution in [3.63, 3.8) is 0 Å². The zero-order valence-corrected chi connectivity index (χ0v) is 16.9. The van der Waals surface area contributed by atoms with Crippen molar-refractivity contribution in [1.29, 1.82) is 0 Å². The summed E-state index contributed by atoms with van der Waals surface area (Å²) in [5.41, 5.74) is 0.0656. The Hall–Kier alpha value is -0.340. The van der Waals surface area contributed by atoms with E-state index in [9.17, 15) is 0 Å². The van der Waals surface area contributed by atoms with E-state index < -0.39 is 0 Å². The smallest absolute Gasteiger partial charge is 0.191 e. The molecule has 2 N–H and O–H groups in total. The lowest BCUT2D eigenvalue weighted by atomic mass is 10.1. The Kier molecular flexibility index (Phi) is 10.2. The van der Waals surface area contributed by atoms with Gasteiger partial charge in [-0.05, 0) is 52.7 Å². The van der Waals surface area contributed by atoms with E-state index in [1.165, 1.54) is 4.88 Å². The molecule has 0 radical (unpaired) electrons. The van der Waals surface area contributed by atoms with Crippen LogP contribution in [0.25, 0.3) is 0 Å². The fourth-order valence-corrected chi connectivity index (χ4v) is 2.22. The molecule has 0 aromatic carbocycles. The van der Waals surface area contributed by atoms with Gasteiger partial charge in [0.05, 0.1) is 6.54 Å². The quantitative estimate of drug-likeness (QED) is 0.402. The lowest BCUT2D eigenvalue weighted by Crippen LogP contribution is -2.44. The lowest BCUT2D eigenvalue weighted by molar-refractivity contribution is 0.204. The summed E-state index contributed by atoms with van der Waals surface area (Å²) in [5.74, 6) is 0.902. The molecule has 0 spiro atoms. The van der Waals surface area contributed by atoms with Crippen molar-refractivity contribution in [2.45, 2.75) is 32.7 Å². The molecule has 0 saturated carbocycles. The molecule has 0 amide bonds. The van der Waals surface area contributed by atoms with E-state index in [2.05, 4.69) is 72.9 Å². The van der Waals surface area contributed by atoms with Crippen LogP contribution in [0, 0.1) is 0 Å². The summed E-state index contributed by atoms with van der Waals surface area (Å²) < 4.78 is 0. The topological polar surface area (TPSA) is 39.7 Å².